The largest absolute Gasteiger partial charge is 0.493 e. The molecule has 0 bridgehead atoms. The molecule has 0 saturated heterocycles. The lowest BCUT2D eigenvalue weighted by Crippen LogP contribution is -2.32. The van der Waals surface area contributed by atoms with Crippen molar-refractivity contribution in [2.75, 3.05) is 44.6 Å². The van der Waals surface area contributed by atoms with Crippen molar-refractivity contribution in [3.63, 3.8) is 0 Å². The van der Waals surface area contributed by atoms with Gasteiger partial charge in [0.05, 0.1) is 21.3 Å². The van der Waals surface area contributed by atoms with E-state index < -0.39 is 0 Å². The van der Waals surface area contributed by atoms with Gasteiger partial charge >= 0.3 is 0 Å². The molecule has 1 aliphatic heterocycles. The Morgan fingerprint density at radius 1 is 1.07 bits per heavy atom. The predicted octanol–water partition coefficient (Wildman–Crippen LogP) is 3.80. The number of benzene rings is 2. The number of nitrogens with one attached hydrogen (secondary N) is 1. The summed E-state index contributed by atoms with van der Waals surface area (Å²) in [6, 6.07) is 10.0. The van der Waals surface area contributed by atoms with Gasteiger partial charge in [-0.05, 0) is 31.4 Å². The van der Waals surface area contributed by atoms with Crippen LogP contribution in [0, 0.1) is 6.92 Å². The highest BCUT2D eigenvalue weighted by atomic mass is 16.5. The van der Waals surface area contributed by atoms with Crippen LogP contribution in [0.4, 0.5) is 11.4 Å². The first-order valence-corrected chi connectivity index (χ1v) is 9.50. The lowest BCUT2D eigenvalue weighted by Gasteiger charge is -2.31. The number of amides is 1. The van der Waals surface area contributed by atoms with E-state index in [1.165, 1.54) is 16.8 Å². The second kappa shape index (κ2) is 8.87. The highest BCUT2D eigenvalue weighted by molar-refractivity contribution is 5.92. The number of rotatable bonds is 7. The number of ether oxygens (including phenoxy) is 3. The normalized spacial score (nSPS) is 12.9. The van der Waals surface area contributed by atoms with Crippen LogP contribution in [0.15, 0.2) is 30.3 Å². The van der Waals surface area contributed by atoms with Crippen LogP contribution in [0.5, 0.6) is 17.2 Å². The molecule has 0 spiro atoms. The standard InChI is InChI=1S/C22H28N2O4/c1-15-7-8-18-16(12-15)6-5-10-24(18)11-9-21(25)23-17-13-19(26-2)22(28-4)20(14-17)27-3/h7-8,12-14H,5-6,9-11H2,1-4H3,(H,23,25). The van der Waals surface area contributed by atoms with Gasteiger partial charge in [-0.25, -0.2) is 0 Å². The number of fused-ring (bicyclic) bond motifs is 1. The van der Waals surface area contributed by atoms with Gasteiger partial charge in [-0.3, -0.25) is 4.79 Å². The fourth-order valence-electron chi connectivity index (χ4n) is 3.65. The lowest BCUT2D eigenvalue weighted by molar-refractivity contribution is -0.116. The van der Waals surface area contributed by atoms with Crippen LogP contribution < -0.4 is 24.4 Å². The molecule has 1 heterocycles. The predicted molar refractivity (Wildman–Crippen MR) is 111 cm³/mol. The van der Waals surface area contributed by atoms with Gasteiger partial charge < -0.3 is 24.4 Å². The first-order valence-electron chi connectivity index (χ1n) is 9.50. The average molecular weight is 384 g/mol. The third-order valence-corrected chi connectivity index (χ3v) is 5.01. The number of aryl methyl sites for hydroxylation is 2. The van der Waals surface area contributed by atoms with E-state index in [-0.39, 0.29) is 5.91 Å². The number of methoxy groups -OCH3 is 3. The molecule has 0 aliphatic carbocycles. The molecule has 0 aromatic heterocycles. The maximum absolute atomic E-state index is 12.5. The van der Waals surface area contributed by atoms with Crippen molar-refractivity contribution < 1.29 is 19.0 Å². The SMILES string of the molecule is COc1cc(NC(=O)CCN2CCCc3cc(C)ccc32)cc(OC)c1OC. The van der Waals surface area contributed by atoms with E-state index >= 15 is 0 Å². The number of hydrogen-bond acceptors (Lipinski definition) is 5. The maximum atomic E-state index is 12.5. The van der Waals surface area contributed by atoms with E-state index in [0.29, 0.717) is 35.9 Å². The molecule has 6 heteroatoms. The minimum Gasteiger partial charge on any atom is -0.493 e. The Hall–Kier alpha value is -2.89. The zero-order valence-corrected chi connectivity index (χ0v) is 17.0. The molecule has 0 fully saturated rings. The van der Waals surface area contributed by atoms with Gasteiger partial charge in [0.25, 0.3) is 0 Å². The summed E-state index contributed by atoms with van der Waals surface area (Å²) >= 11 is 0. The molecule has 0 radical (unpaired) electrons. The fraction of sp³-hybridized carbons (Fsp3) is 0.409. The molecule has 1 N–H and O–H groups in total. The van der Waals surface area contributed by atoms with Crippen molar-refractivity contribution in [1.29, 1.82) is 0 Å². The second-order valence-electron chi connectivity index (χ2n) is 6.93. The van der Waals surface area contributed by atoms with Crippen LogP contribution in [0.3, 0.4) is 0 Å². The van der Waals surface area contributed by atoms with Crippen molar-refractivity contribution in [3.8, 4) is 17.2 Å². The third kappa shape index (κ3) is 4.32. The van der Waals surface area contributed by atoms with Gasteiger partial charge in [0.15, 0.2) is 11.5 Å². The first kappa shape index (κ1) is 19.9. The summed E-state index contributed by atoms with van der Waals surface area (Å²) in [5.74, 6) is 1.48. The molecule has 2 aromatic rings. The molecule has 0 atom stereocenters. The average Bonchev–Trinajstić information content (AvgIpc) is 2.71. The van der Waals surface area contributed by atoms with Crippen LogP contribution in [-0.4, -0.2) is 40.3 Å². The zero-order chi connectivity index (χ0) is 20.1. The summed E-state index contributed by atoms with van der Waals surface area (Å²) in [7, 11) is 4.66. The van der Waals surface area contributed by atoms with E-state index in [1.54, 1.807) is 33.5 Å². The summed E-state index contributed by atoms with van der Waals surface area (Å²) < 4.78 is 16.0. The second-order valence-corrected chi connectivity index (χ2v) is 6.93. The van der Waals surface area contributed by atoms with Gasteiger partial charge in [-0.1, -0.05) is 17.7 Å². The highest BCUT2D eigenvalue weighted by Gasteiger charge is 2.18. The van der Waals surface area contributed by atoms with Gasteiger partial charge in [-0.2, -0.15) is 0 Å². The number of carbonyl (C=O) groups excluding carboxylic acids is 1. The Bertz CT molecular complexity index is 825. The summed E-state index contributed by atoms with van der Waals surface area (Å²) in [4.78, 5) is 14.8. The van der Waals surface area contributed by atoms with Crippen LogP contribution >= 0.6 is 0 Å². The Kier molecular flexibility index (Phi) is 6.29. The Labute approximate surface area is 166 Å². The fourth-order valence-corrected chi connectivity index (χ4v) is 3.65. The van der Waals surface area contributed by atoms with E-state index in [9.17, 15) is 4.79 Å². The maximum Gasteiger partial charge on any atom is 0.226 e. The Morgan fingerprint density at radius 3 is 2.43 bits per heavy atom. The number of nitrogens with zero attached hydrogens (tertiary/aromatic N) is 1. The lowest BCUT2D eigenvalue weighted by atomic mass is 9.99. The molecular formula is C22H28N2O4. The summed E-state index contributed by atoms with van der Waals surface area (Å²) in [6.07, 6.45) is 2.63. The minimum atomic E-state index is -0.0477. The van der Waals surface area contributed by atoms with E-state index in [2.05, 4.69) is 35.3 Å². The smallest absolute Gasteiger partial charge is 0.226 e. The van der Waals surface area contributed by atoms with Gasteiger partial charge in [0, 0.05) is 43.0 Å². The Morgan fingerprint density at radius 2 is 1.79 bits per heavy atom. The van der Waals surface area contributed by atoms with Gasteiger partial charge in [0.2, 0.25) is 11.7 Å². The molecular weight excluding hydrogens is 356 g/mol. The number of anilines is 2. The quantitative estimate of drug-likeness (QED) is 0.787. The number of carbonyl (C=O) groups is 1. The summed E-state index contributed by atoms with van der Waals surface area (Å²) in [6.45, 7) is 3.78. The molecule has 0 unspecified atom stereocenters. The minimum absolute atomic E-state index is 0.0477. The van der Waals surface area contributed by atoms with Crippen LogP contribution in [-0.2, 0) is 11.2 Å². The van der Waals surface area contributed by atoms with Crippen LogP contribution in [0.2, 0.25) is 0 Å². The highest BCUT2D eigenvalue weighted by Crippen LogP contribution is 2.40. The molecule has 3 rings (SSSR count). The molecule has 2 aromatic carbocycles. The molecule has 28 heavy (non-hydrogen) atoms. The molecule has 150 valence electrons. The first-order chi connectivity index (χ1) is 13.5. The van der Waals surface area contributed by atoms with Crippen molar-refractivity contribution >= 4 is 17.3 Å². The van der Waals surface area contributed by atoms with E-state index in [0.717, 1.165) is 19.4 Å². The topological polar surface area (TPSA) is 60.0 Å². The summed E-state index contributed by atoms with van der Waals surface area (Å²) in [5, 5.41) is 2.93. The third-order valence-electron chi connectivity index (χ3n) is 5.01. The molecule has 0 saturated carbocycles. The van der Waals surface area contributed by atoms with Gasteiger partial charge in [-0.15, -0.1) is 0 Å². The Balaban J connectivity index is 1.66. The van der Waals surface area contributed by atoms with Crippen molar-refractivity contribution in [2.24, 2.45) is 0 Å². The van der Waals surface area contributed by atoms with E-state index in [4.69, 9.17) is 14.2 Å². The number of hydrogen-bond donors (Lipinski definition) is 1. The zero-order valence-electron chi connectivity index (χ0n) is 17.0. The van der Waals surface area contributed by atoms with Crippen molar-refractivity contribution in [1.82, 2.24) is 0 Å². The molecule has 1 amide bonds. The van der Waals surface area contributed by atoms with Crippen LogP contribution in [0.25, 0.3) is 0 Å². The monoisotopic (exact) mass is 384 g/mol. The van der Waals surface area contributed by atoms with Crippen molar-refractivity contribution in [3.05, 3.63) is 41.5 Å². The van der Waals surface area contributed by atoms with E-state index in [1.807, 2.05) is 0 Å². The summed E-state index contributed by atoms with van der Waals surface area (Å²) in [5.41, 5.74) is 4.52. The van der Waals surface area contributed by atoms with Crippen LogP contribution in [0.1, 0.15) is 24.0 Å². The molecule has 6 nitrogen and oxygen atoms in total. The van der Waals surface area contributed by atoms with Crippen molar-refractivity contribution in [2.45, 2.75) is 26.2 Å². The van der Waals surface area contributed by atoms with Gasteiger partial charge in [0.1, 0.15) is 0 Å². The molecule has 1 aliphatic rings.